The van der Waals surface area contributed by atoms with E-state index in [-0.39, 0.29) is 5.78 Å². The van der Waals surface area contributed by atoms with Crippen LogP contribution < -0.4 is 4.74 Å². The second-order valence-corrected chi connectivity index (χ2v) is 5.50. The highest BCUT2D eigenvalue weighted by atomic mass is 16.5. The predicted molar refractivity (Wildman–Crippen MR) is 88.4 cm³/mol. The standard InChI is InChI=1S/C18H14N4O2/c1-2-11-6-7-15-14(9-11)17(23)16(24-15)10-12-4-3-5-13(8-12)18-19-21-22-20-18/h3-10H,2H2,1H3,(H,19,20,21,22)/b16-10-. The number of fused-ring (bicyclic) bond motifs is 1. The molecule has 24 heavy (non-hydrogen) atoms. The zero-order valence-electron chi connectivity index (χ0n) is 13.0. The minimum absolute atomic E-state index is 0.0907. The van der Waals surface area contributed by atoms with Gasteiger partial charge in [-0.2, -0.15) is 0 Å². The largest absolute Gasteiger partial charge is 0.452 e. The summed E-state index contributed by atoms with van der Waals surface area (Å²) in [6.45, 7) is 2.06. The number of ketones is 1. The number of carbonyl (C=O) groups is 1. The molecule has 0 aliphatic carbocycles. The molecule has 0 radical (unpaired) electrons. The second kappa shape index (κ2) is 5.73. The van der Waals surface area contributed by atoms with Crippen LogP contribution in [0.1, 0.15) is 28.4 Å². The van der Waals surface area contributed by atoms with Gasteiger partial charge in [0, 0.05) is 5.56 Å². The van der Waals surface area contributed by atoms with E-state index in [1.165, 1.54) is 0 Å². The van der Waals surface area contributed by atoms with Gasteiger partial charge in [-0.3, -0.25) is 4.79 Å². The molecular formula is C18H14N4O2. The van der Waals surface area contributed by atoms with Gasteiger partial charge in [-0.25, -0.2) is 5.10 Å². The fourth-order valence-electron chi connectivity index (χ4n) is 2.66. The van der Waals surface area contributed by atoms with E-state index in [1.54, 1.807) is 6.08 Å². The lowest BCUT2D eigenvalue weighted by molar-refractivity contribution is 0.101. The third kappa shape index (κ3) is 2.48. The molecule has 0 spiro atoms. The molecule has 2 aromatic carbocycles. The molecule has 0 unspecified atom stereocenters. The molecule has 0 amide bonds. The Hall–Kier alpha value is -3.28. The van der Waals surface area contributed by atoms with Crippen molar-refractivity contribution in [2.24, 2.45) is 0 Å². The molecule has 3 aromatic rings. The van der Waals surface area contributed by atoms with Crippen LogP contribution in [-0.2, 0) is 6.42 Å². The van der Waals surface area contributed by atoms with Crippen LogP contribution in [0, 0.1) is 0 Å². The number of hydrogen-bond acceptors (Lipinski definition) is 5. The van der Waals surface area contributed by atoms with Crippen molar-refractivity contribution in [3.63, 3.8) is 0 Å². The number of aryl methyl sites for hydroxylation is 1. The van der Waals surface area contributed by atoms with E-state index >= 15 is 0 Å². The van der Waals surface area contributed by atoms with Gasteiger partial charge in [-0.05, 0) is 52.2 Å². The van der Waals surface area contributed by atoms with Crippen molar-refractivity contribution >= 4 is 11.9 Å². The average Bonchev–Trinajstić information content (AvgIpc) is 3.24. The minimum Gasteiger partial charge on any atom is -0.452 e. The van der Waals surface area contributed by atoms with Crippen molar-refractivity contribution in [1.82, 2.24) is 20.6 Å². The third-order valence-corrected chi connectivity index (χ3v) is 3.94. The lowest BCUT2D eigenvalue weighted by atomic mass is 10.0. The van der Waals surface area contributed by atoms with Crippen molar-refractivity contribution < 1.29 is 9.53 Å². The van der Waals surface area contributed by atoms with Gasteiger partial charge in [0.25, 0.3) is 0 Å². The van der Waals surface area contributed by atoms with Crippen LogP contribution in [0.25, 0.3) is 17.5 Å². The number of hydrogen-bond donors (Lipinski definition) is 1. The molecule has 0 bridgehead atoms. The number of rotatable bonds is 3. The number of carbonyl (C=O) groups excluding carboxylic acids is 1. The molecule has 0 saturated heterocycles. The zero-order chi connectivity index (χ0) is 16.5. The Morgan fingerprint density at radius 1 is 1.21 bits per heavy atom. The number of ether oxygens (including phenoxy) is 1. The summed E-state index contributed by atoms with van der Waals surface area (Å²) in [4.78, 5) is 12.6. The zero-order valence-corrected chi connectivity index (χ0v) is 13.0. The Labute approximate surface area is 138 Å². The summed E-state index contributed by atoms with van der Waals surface area (Å²) < 4.78 is 5.72. The molecule has 4 rings (SSSR count). The number of Topliss-reactive ketones (excluding diaryl/α,β-unsaturated/α-hetero) is 1. The first-order valence-corrected chi connectivity index (χ1v) is 7.66. The highest BCUT2D eigenvalue weighted by Crippen LogP contribution is 2.33. The number of benzene rings is 2. The normalized spacial score (nSPS) is 14.7. The molecule has 1 N–H and O–H groups in total. The highest BCUT2D eigenvalue weighted by Gasteiger charge is 2.27. The first-order valence-electron chi connectivity index (χ1n) is 7.66. The molecule has 1 aromatic heterocycles. The molecule has 118 valence electrons. The van der Waals surface area contributed by atoms with Crippen molar-refractivity contribution in [3.8, 4) is 17.1 Å². The van der Waals surface area contributed by atoms with Crippen molar-refractivity contribution in [2.45, 2.75) is 13.3 Å². The minimum atomic E-state index is -0.0907. The first-order chi connectivity index (χ1) is 11.7. The monoisotopic (exact) mass is 318 g/mol. The maximum atomic E-state index is 12.6. The molecule has 6 nitrogen and oxygen atoms in total. The molecule has 2 heterocycles. The predicted octanol–water partition coefficient (Wildman–Crippen LogP) is 3.05. The van der Waals surface area contributed by atoms with E-state index in [1.807, 2.05) is 42.5 Å². The van der Waals surface area contributed by atoms with E-state index in [9.17, 15) is 4.79 Å². The lowest BCUT2D eigenvalue weighted by Gasteiger charge is -2.01. The van der Waals surface area contributed by atoms with Gasteiger partial charge in [-0.1, -0.05) is 31.2 Å². The number of tetrazole rings is 1. The van der Waals surface area contributed by atoms with Crippen LogP contribution in [-0.4, -0.2) is 26.4 Å². The van der Waals surface area contributed by atoms with Crippen LogP contribution in [0.5, 0.6) is 5.75 Å². The molecular weight excluding hydrogens is 304 g/mol. The topological polar surface area (TPSA) is 80.8 Å². The van der Waals surface area contributed by atoms with Gasteiger partial charge >= 0.3 is 0 Å². The fourth-order valence-corrected chi connectivity index (χ4v) is 2.66. The van der Waals surface area contributed by atoms with Crippen LogP contribution in [0.15, 0.2) is 48.2 Å². The number of nitrogens with one attached hydrogen (secondary N) is 1. The van der Waals surface area contributed by atoms with Gasteiger partial charge in [0.05, 0.1) is 5.56 Å². The number of nitrogens with zero attached hydrogens (tertiary/aromatic N) is 3. The maximum Gasteiger partial charge on any atom is 0.231 e. The number of aromatic nitrogens is 4. The molecule has 0 fully saturated rings. The van der Waals surface area contributed by atoms with Crippen LogP contribution in [0.3, 0.4) is 0 Å². The Kier molecular flexibility index (Phi) is 3.42. The van der Waals surface area contributed by atoms with E-state index in [0.29, 0.717) is 22.9 Å². The summed E-state index contributed by atoms with van der Waals surface area (Å²) in [5, 5.41) is 13.8. The van der Waals surface area contributed by atoms with Gasteiger partial charge < -0.3 is 4.74 Å². The van der Waals surface area contributed by atoms with E-state index in [0.717, 1.165) is 23.1 Å². The van der Waals surface area contributed by atoms with Crippen molar-refractivity contribution in [1.29, 1.82) is 0 Å². The third-order valence-electron chi connectivity index (χ3n) is 3.94. The lowest BCUT2D eigenvalue weighted by Crippen LogP contribution is -1.98. The van der Waals surface area contributed by atoms with Crippen molar-refractivity contribution in [3.05, 3.63) is 64.9 Å². The first kappa shape index (κ1) is 14.3. The van der Waals surface area contributed by atoms with Gasteiger partial charge in [0.15, 0.2) is 11.6 Å². The Morgan fingerprint density at radius 3 is 2.92 bits per heavy atom. The highest BCUT2D eigenvalue weighted by molar-refractivity contribution is 6.14. The van der Waals surface area contributed by atoms with Crippen molar-refractivity contribution in [2.75, 3.05) is 0 Å². The van der Waals surface area contributed by atoms with Gasteiger partial charge in [0.2, 0.25) is 5.78 Å². The maximum absolute atomic E-state index is 12.6. The Bertz CT molecular complexity index is 945. The van der Waals surface area contributed by atoms with E-state index in [2.05, 4.69) is 27.5 Å². The number of H-pyrrole nitrogens is 1. The van der Waals surface area contributed by atoms with E-state index < -0.39 is 0 Å². The van der Waals surface area contributed by atoms with Gasteiger partial charge in [-0.15, -0.1) is 5.10 Å². The quantitative estimate of drug-likeness (QED) is 0.751. The number of allylic oxidation sites excluding steroid dienone is 1. The van der Waals surface area contributed by atoms with Crippen LogP contribution in [0.4, 0.5) is 0 Å². The molecule has 1 aliphatic heterocycles. The Morgan fingerprint density at radius 2 is 2.12 bits per heavy atom. The summed E-state index contributed by atoms with van der Waals surface area (Å²) in [7, 11) is 0. The summed E-state index contributed by atoms with van der Waals surface area (Å²) in [5.74, 6) is 1.42. The summed E-state index contributed by atoms with van der Waals surface area (Å²) >= 11 is 0. The Balaban J connectivity index is 1.68. The summed E-state index contributed by atoms with van der Waals surface area (Å²) in [5.41, 5.74) is 3.42. The van der Waals surface area contributed by atoms with Gasteiger partial charge in [0.1, 0.15) is 5.75 Å². The molecule has 6 heteroatoms. The SMILES string of the molecule is CCc1ccc2c(c1)C(=O)/C(=C/c1cccc(-c3nnn[nH]3)c1)O2. The number of aromatic amines is 1. The average molecular weight is 318 g/mol. The second-order valence-electron chi connectivity index (χ2n) is 5.50. The summed E-state index contributed by atoms with van der Waals surface area (Å²) in [6.07, 6.45) is 2.62. The van der Waals surface area contributed by atoms with E-state index in [4.69, 9.17) is 4.74 Å². The van der Waals surface area contributed by atoms with Crippen LogP contribution in [0.2, 0.25) is 0 Å². The molecule has 0 atom stereocenters. The molecule has 1 aliphatic rings. The fraction of sp³-hybridized carbons (Fsp3) is 0.111. The summed E-state index contributed by atoms with van der Waals surface area (Å²) in [6, 6.07) is 13.3. The smallest absolute Gasteiger partial charge is 0.231 e. The van der Waals surface area contributed by atoms with Crippen LogP contribution >= 0.6 is 0 Å². The molecule has 0 saturated carbocycles.